The van der Waals surface area contributed by atoms with Crippen molar-refractivity contribution in [1.29, 1.82) is 0 Å². The summed E-state index contributed by atoms with van der Waals surface area (Å²) >= 11 is 0. The van der Waals surface area contributed by atoms with E-state index in [0.717, 1.165) is 29.3 Å². The Morgan fingerprint density at radius 3 is 3.00 bits per heavy atom. The Bertz CT molecular complexity index is 567. The van der Waals surface area contributed by atoms with Gasteiger partial charge in [0.15, 0.2) is 0 Å². The quantitative estimate of drug-likeness (QED) is 0.880. The zero-order chi connectivity index (χ0) is 13.3. The van der Waals surface area contributed by atoms with Gasteiger partial charge in [0.1, 0.15) is 5.82 Å². The van der Waals surface area contributed by atoms with Crippen LogP contribution in [0, 0.1) is 12.8 Å². The zero-order valence-electron chi connectivity index (χ0n) is 11.2. The van der Waals surface area contributed by atoms with Gasteiger partial charge in [0.05, 0.1) is 5.56 Å². The van der Waals surface area contributed by atoms with E-state index >= 15 is 0 Å². The van der Waals surface area contributed by atoms with Crippen molar-refractivity contribution in [2.24, 2.45) is 5.92 Å². The molecule has 0 saturated carbocycles. The fourth-order valence-electron chi connectivity index (χ4n) is 1.95. The molecule has 0 bridgehead atoms. The lowest BCUT2D eigenvalue weighted by Gasteiger charge is -2.16. The Kier molecular flexibility index (Phi) is 3.36. The summed E-state index contributed by atoms with van der Waals surface area (Å²) in [5.41, 5.74) is 2.51. The first-order valence-electron chi connectivity index (χ1n) is 6.20. The van der Waals surface area contributed by atoms with E-state index in [1.165, 1.54) is 0 Å². The molecule has 1 N–H and O–H groups in total. The Hall–Kier alpha value is -1.84. The van der Waals surface area contributed by atoms with Crippen molar-refractivity contribution in [3.63, 3.8) is 0 Å². The minimum atomic E-state index is -0.144. The monoisotopic (exact) mass is 245 g/mol. The number of aromatic nitrogens is 2. The Labute approximate surface area is 107 Å². The summed E-state index contributed by atoms with van der Waals surface area (Å²) in [4.78, 5) is 16.0. The van der Waals surface area contributed by atoms with Crippen LogP contribution in [0.5, 0.6) is 0 Å². The van der Waals surface area contributed by atoms with Crippen LogP contribution in [0.1, 0.15) is 30.9 Å². The van der Waals surface area contributed by atoms with Crippen LogP contribution in [-0.2, 0) is 13.1 Å². The molecule has 1 aromatic heterocycles. The highest BCUT2D eigenvalue weighted by atomic mass is 16.1. The van der Waals surface area contributed by atoms with Crippen molar-refractivity contribution >= 4 is 6.08 Å². The molecule has 0 spiro atoms. The molecule has 2 heterocycles. The van der Waals surface area contributed by atoms with Crippen LogP contribution < -0.4 is 10.9 Å². The number of fused-ring (bicyclic) bond motifs is 1. The minimum Gasteiger partial charge on any atom is -0.384 e. The van der Waals surface area contributed by atoms with E-state index in [9.17, 15) is 4.79 Å². The molecule has 4 heteroatoms. The van der Waals surface area contributed by atoms with Gasteiger partial charge in [0, 0.05) is 24.5 Å². The molecule has 4 nitrogen and oxygen atoms in total. The van der Waals surface area contributed by atoms with E-state index in [1.54, 1.807) is 0 Å². The molecule has 0 aliphatic carbocycles. The predicted molar refractivity (Wildman–Crippen MR) is 73.1 cm³/mol. The summed E-state index contributed by atoms with van der Waals surface area (Å²) in [6.07, 6.45) is 3.90. The van der Waals surface area contributed by atoms with E-state index in [-0.39, 0.29) is 5.56 Å². The number of nitrogens with zero attached hydrogens (tertiary/aromatic N) is 2. The largest absolute Gasteiger partial charge is 0.384 e. The SMILES string of the molecule is C=C(NCc1c(C)n2c(nc1=O)C=CC2)C(C)C. The van der Waals surface area contributed by atoms with Crippen LogP contribution in [0.3, 0.4) is 0 Å². The van der Waals surface area contributed by atoms with Crippen LogP contribution in [0.25, 0.3) is 6.08 Å². The van der Waals surface area contributed by atoms with Gasteiger partial charge < -0.3 is 9.88 Å². The highest BCUT2D eigenvalue weighted by Gasteiger charge is 2.14. The molecule has 0 saturated heterocycles. The topological polar surface area (TPSA) is 46.9 Å². The molecule has 0 aromatic carbocycles. The molecule has 18 heavy (non-hydrogen) atoms. The second-order valence-electron chi connectivity index (χ2n) is 4.89. The van der Waals surface area contributed by atoms with Gasteiger partial charge in [0.2, 0.25) is 0 Å². The molecule has 0 unspecified atom stereocenters. The van der Waals surface area contributed by atoms with Crippen LogP contribution in [0.15, 0.2) is 23.1 Å². The summed E-state index contributed by atoms with van der Waals surface area (Å²) in [5, 5.41) is 3.20. The third-order valence-corrected chi connectivity index (χ3v) is 3.34. The average molecular weight is 245 g/mol. The van der Waals surface area contributed by atoms with Gasteiger partial charge in [-0.25, -0.2) is 0 Å². The fraction of sp³-hybridized carbons (Fsp3) is 0.429. The Morgan fingerprint density at radius 1 is 1.61 bits per heavy atom. The number of nitrogens with one attached hydrogen (secondary N) is 1. The lowest BCUT2D eigenvalue weighted by molar-refractivity contribution is 0.640. The Balaban J connectivity index is 2.25. The molecule has 2 rings (SSSR count). The average Bonchev–Trinajstić information content (AvgIpc) is 2.76. The van der Waals surface area contributed by atoms with Crippen molar-refractivity contribution in [1.82, 2.24) is 14.9 Å². The van der Waals surface area contributed by atoms with Crippen LogP contribution in [0.4, 0.5) is 0 Å². The van der Waals surface area contributed by atoms with Crippen LogP contribution in [0.2, 0.25) is 0 Å². The van der Waals surface area contributed by atoms with Crippen LogP contribution >= 0.6 is 0 Å². The van der Waals surface area contributed by atoms with Gasteiger partial charge in [-0.3, -0.25) is 4.79 Å². The van der Waals surface area contributed by atoms with Gasteiger partial charge in [-0.1, -0.05) is 26.5 Å². The number of allylic oxidation sites excluding steroid dienone is 2. The molecule has 1 aromatic rings. The third-order valence-electron chi connectivity index (χ3n) is 3.34. The lowest BCUT2D eigenvalue weighted by Crippen LogP contribution is -2.27. The predicted octanol–water partition coefficient (Wildman–Crippen LogP) is 1.84. The minimum absolute atomic E-state index is 0.144. The maximum Gasteiger partial charge on any atom is 0.278 e. The van der Waals surface area contributed by atoms with Gasteiger partial charge in [-0.15, -0.1) is 0 Å². The van der Waals surface area contributed by atoms with Gasteiger partial charge in [0.25, 0.3) is 5.56 Å². The highest BCUT2D eigenvalue weighted by Crippen LogP contribution is 2.13. The summed E-state index contributed by atoms with van der Waals surface area (Å²) in [6, 6.07) is 0. The maximum atomic E-state index is 12.0. The standard InChI is InChI=1S/C14H19N3O/c1-9(2)10(3)15-8-12-11(4)17-7-5-6-13(17)16-14(12)18/h5-6,9,15H,3,7-8H2,1-2,4H3. The fourth-order valence-corrected chi connectivity index (χ4v) is 1.95. The van der Waals surface area contributed by atoms with Gasteiger partial charge >= 0.3 is 0 Å². The first kappa shape index (κ1) is 12.6. The highest BCUT2D eigenvalue weighted by molar-refractivity contribution is 5.45. The normalized spacial score (nSPS) is 12.9. The molecule has 0 atom stereocenters. The molecule has 0 fully saturated rings. The molecule has 1 aliphatic heterocycles. The number of hydrogen-bond acceptors (Lipinski definition) is 3. The molecule has 1 aliphatic rings. The lowest BCUT2D eigenvalue weighted by atomic mass is 10.1. The molecule has 0 amide bonds. The first-order valence-corrected chi connectivity index (χ1v) is 6.20. The summed E-state index contributed by atoms with van der Waals surface area (Å²) in [7, 11) is 0. The van der Waals surface area contributed by atoms with E-state index in [4.69, 9.17) is 0 Å². The first-order chi connectivity index (χ1) is 8.50. The van der Waals surface area contributed by atoms with E-state index in [1.807, 2.05) is 19.1 Å². The molecular formula is C14H19N3O. The maximum absolute atomic E-state index is 12.0. The smallest absolute Gasteiger partial charge is 0.278 e. The van der Waals surface area contributed by atoms with E-state index in [2.05, 4.69) is 35.3 Å². The van der Waals surface area contributed by atoms with Crippen molar-refractivity contribution in [2.45, 2.75) is 33.9 Å². The van der Waals surface area contributed by atoms with Gasteiger partial charge in [-0.2, -0.15) is 4.98 Å². The second kappa shape index (κ2) is 4.80. The van der Waals surface area contributed by atoms with Crippen molar-refractivity contribution < 1.29 is 0 Å². The van der Waals surface area contributed by atoms with Crippen molar-refractivity contribution in [3.05, 3.63) is 45.8 Å². The summed E-state index contributed by atoms with van der Waals surface area (Å²) < 4.78 is 2.05. The number of rotatable bonds is 4. The van der Waals surface area contributed by atoms with E-state index < -0.39 is 0 Å². The summed E-state index contributed by atoms with van der Waals surface area (Å²) in [5.74, 6) is 1.11. The third kappa shape index (κ3) is 2.23. The zero-order valence-corrected chi connectivity index (χ0v) is 11.2. The molecule has 0 radical (unpaired) electrons. The number of hydrogen-bond donors (Lipinski definition) is 1. The van der Waals surface area contributed by atoms with Crippen molar-refractivity contribution in [3.8, 4) is 0 Å². The molecule has 96 valence electrons. The van der Waals surface area contributed by atoms with Gasteiger partial charge in [-0.05, 0) is 18.9 Å². The van der Waals surface area contributed by atoms with E-state index in [0.29, 0.717) is 12.5 Å². The van der Waals surface area contributed by atoms with Crippen LogP contribution in [-0.4, -0.2) is 9.55 Å². The Morgan fingerprint density at radius 2 is 2.33 bits per heavy atom. The molecular weight excluding hydrogens is 226 g/mol. The second-order valence-corrected chi connectivity index (χ2v) is 4.89. The summed E-state index contributed by atoms with van der Waals surface area (Å²) in [6.45, 7) is 11.3. The van der Waals surface area contributed by atoms with Crippen molar-refractivity contribution in [2.75, 3.05) is 0 Å².